The molecule has 1 aromatic carbocycles. The predicted molar refractivity (Wildman–Crippen MR) is 79.3 cm³/mol. The van der Waals surface area contributed by atoms with Crippen LogP contribution in [0.25, 0.3) is 0 Å². The molecule has 0 saturated carbocycles. The van der Waals surface area contributed by atoms with Gasteiger partial charge in [0, 0.05) is 12.6 Å². The minimum Gasteiger partial charge on any atom is -0.494 e. The topological polar surface area (TPSA) is 38.5 Å². The summed E-state index contributed by atoms with van der Waals surface area (Å²) in [4.78, 5) is 2.37. The average Bonchev–Trinajstić information content (AvgIpc) is 2.41. The molecule has 20 heavy (non-hydrogen) atoms. The Labute approximate surface area is 120 Å². The van der Waals surface area contributed by atoms with Gasteiger partial charge in [0.25, 0.3) is 0 Å². The zero-order valence-electron chi connectivity index (χ0n) is 12.7. The van der Waals surface area contributed by atoms with Gasteiger partial charge >= 0.3 is 0 Å². The third kappa shape index (κ3) is 3.70. The molecule has 3 nitrogen and oxygen atoms in total. The molecule has 0 aliphatic carbocycles. The number of benzene rings is 1. The molecule has 2 N–H and O–H groups in total. The molecule has 1 atom stereocenters. The van der Waals surface area contributed by atoms with E-state index in [1.54, 1.807) is 6.07 Å². The summed E-state index contributed by atoms with van der Waals surface area (Å²) in [6.07, 6.45) is 2.38. The van der Waals surface area contributed by atoms with Crippen molar-refractivity contribution >= 4 is 0 Å². The van der Waals surface area contributed by atoms with Gasteiger partial charge in [0.05, 0.1) is 7.11 Å². The Morgan fingerprint density at radius 1 is 1.35 bits per heavy atom. The van der Waals surface area contributed by atoms with Crippen LogP contribution >= 0.6 is 0 Å². The summed E-state index contributed by atoms with van der Waals surface area (Å²) in [6.45, 7) is 7.53. The minimum atomic E-state index is -0.347. The predicted octanol–water partition coefficient (Wildman–Crippen LogP) is 2.96. The maximum absolute atomic E-state index is 13.7. The van der Waals surface area contributed by atoms with E-state index in [2.05, 4.69) is 18.7 Å². The number of likely N-dealkylation sites (tertiary alicyclic amines) is 1. The van der Waals surface area contributed by atoms with Crippen molar-refractivity contribution in [1.82, 2.24) is 4.90 Å². The van der Waals surface area contributed by atoms with E-state index in [0.29, 0.717) is 5.41 Å². The van der Waals surface area contributed by atoms with Crippen LogP contribution in [0, 0.1) is 11.2 Å². The van der Waals surface area contributed by atoms with Gasteiger partial charge in [-0.05, 0) is 49.0 Å². The molecule has 1 aliphatic rings. The first-order valence-corrected chi connectivity index (χ1v) is 7.23. The Kier molecular flexibility index (Phi) is 4.66. The van der Waals surface area contributed by atoms with Crippen LogP contribution in [0.1, 0.15) is 38.3 Å². The molecule has 2 rings (SSSR count). The van der Waals surface area contributed by atoms with Crippen LogP contribution in [0.4, 0.5) is 4.39 Å². The highest BCUT2D eigenvalue weighted by Crippen LogP contribution is 2.30. The average molecular weight is 280 g/mol. The monoisotopic (exact) mass is 280 g/mol. The number of ether oxygens (including phenoxy) is 1. The lowest BCUT2D eigenvalue weighted by atomic mass is 9.82. The molecule has 1 saturated heterocycles. The quantitative estimate of drug-likeness (QED) is 0.921. The molecule has 0 radical (unpaired) electrons. The maximum atomic E-state index is 13.7. The molecule has 0 aromatic heterocycles. The molecule has 1 heterocycles. The lowest BCUT2D eigenvalue weighted by Crippen LogP contribution is -2.40. The van der Waals surface area contributed by atoms with Crippen LogP contribution in [0.2, 0.25) is 0 Å². The number of hydrogen-bond donors (Lipinski definition) is 1. The van der Waals surface area contributed by atoms with Crippen LogP contribution in [0.3, 0.4) is 0 Å². The first-order valence-electron chi connectivity index (χ1n) is 7.23. The van der Waals surface area contributed by atoms with E-state index in [1.165, 1.54) is 26.0 Å². The molecule has 4 heteroatoms. The number of rotatable bonds is 4. The number of piperidine rings is 1. The fourth-order valence-electron chi connectivity index (χ4n) is 2.64. The van der Waals surface area contributed by atoms with Crippen molar-refractivity contribution in [2.75, 3.05) is 26.7 Å². The van der Waals surface area contributed by atoms with Crippen LogP contribution in [-0.4, -0.2) is 31.6 Å². The lowest BCUT2D eigenvalue weighted by molar-refractivity contribution is 0.127. The Bertz CT molecular complexity index is 452. The van der Waals surface area contributed by atoms with Crippen molar-refractivity contribution in [3.8, 4) is 5.75 Å². The van der Waals surface area contributed by atoms with Crippen molar-refractivity contribution in [2.24, 2.45) is 11.1 Å². The second kappa shape index (κ2) is 6.10. The molecule has 1 unspecified atom stereocenters. The van der Waals surface area contributed by atoms with Crippen LogP contribution in [0.5, 0.6) is 5.75 Å². The van der Waals surface area contributed by atoms with Crippen molar-refractivity contribution in [1.29, 1.82) is 0 Å². The summed E-state index contributed by atoms with van der Waals surface area (Å²) in [6, 6.07) is 4.82. The van der Waals surface area contributed by atoms with Gasteiger partial charge in [-0.15, -0.1) is 0 Å². The third-order valence-electron chi connectivity index (χ3n) is 4.27. The summed E-state index contributed by atoms with van der Waals surface area (Å²) in [5.41, 5.74) is 7.47. The lowest BCUT2D eigenvalue weighted by Gasteiger charge is -2.38. The van der Waals surface area contributed by atoms with Gasteiger partial charge in [0.1, 0.15) is 0 Å². The summed E-state index contributed by atoms with van der Waals surface area (Å²) >= 11 is 0. The first kappa shape index (κ1) is 15.3. The smallest absolute Gasteiger partial charge is 0.165 e. The van der Waals surface area contributed by atoms with E-state index in [0.717, 1.165) is 25.2 Å². The summed E-state index contributed by atoms with van der Waals surface area (Å²) in [5.74, 6) is -0.0825. The van der Waals surface area contributed by atoms with Gasteiger partial charge in [0.2, 0.25) is 0 Å². The standard InChI is InChI=1S/C16H25FN2O/c1-16(2)6-8-19(9-7-16)11-14(18)12-4-5-15(20-3)13(17)10-12/h4-5,10,14H,6-9,11,18H2,1-3H3. The van der Waals surface area contributed by atoms with Crippen LogP contribution in [-0.2, 0) is 0 Å². The van der Waals surface area contributed by atoms with Crippen molar-refractivity contribution in [3.63, 3.8) is 0 Å². The fraction of sp³-hybridized carbons (Fsp3) is 0.625. The highest BCUT2D eigenvalue weighted by atomic mass is 19.1. The number of nitrogens with zero attached hydrogens (tertiary/aromatic N) is 1. The number of hydrogen-bond acceptors (Lipinski definition) is 3. The Hall–Kier alpha value is -1.13. The fourth-order valence-corrected chi connectivity index (χ4v) is 2.64. The second-order valence-electron chi connectivity index (χ2n) is 6.47. The van der Waals surface area contributed by atoms with Crippen molar-refractivity contribution in [3.05, 3.63) is 29.6 Å². The van der Waals surface area contributed by atoms with E-state index >= 15 is 0 Å². The Balaban J connectivity index is 1.95. The third-order valence-corrected chi connectivity index (χ3v) is 4.27. The summed E-state index contributed by atoms with van der Waals surface area (Å²) in [5, 5.41) is 0. The van der Waals surface area contributed by atoms with Gasteiger partial charge in [-0.1, -0.05) is 19.9 Å². The zero-order valence-corrected chi connectivity index (χ0v) is 12.7. The normalized spacial score (nSPS) is 20.6. The minimum absolute atomic E-state index is 0.156. The summed E-state index contributed by atoms with van der Waals surface area (Å²) < 4.78 is 18.6. The van der Waals surface area contributed by atoms with Gasteiger partial charge in [-0.2, -0.15) is 0 Å². The molecular weight excluding hydrogens is 255 g/mol. The van der Waals surface area contributed by atoms with Crippen molar-refractivity contribution < 1.29 is 9.13 Å². The Morgan fingerprint density at radius 3 is 2.55 bits per heavy atom. The van der Waals surface area contributed by atoms with Crippen molar-refractivity contribution in [2.45, 2.75) is 32.7 Å². The molecule has 1 fully saturated rings. The molecule has 1 aliphatic heterocycles. The zero-order chi connectivity index (χ0) is 14.8. The molecule has 0 bridgehead atoms. The van der Waals surface area contributed by atoms with E-state index in [-0.39, 0.29) is 17.6 Å². The van der Waals surface area contributed by atoms with Gasteiger partial charge < -0.3 is 15.4 Å². The number of methoxy groups -OCH3 is 1. The maximum Gasteiger partial charge on any atom is 0.165 e. The number of halogens is 1. The second-order valence-corrected chi connectivity index (χ2v) is 6.47. The highest BCUT2D eigenvalue weighted by Gasteiger charge is 2.26. The van der Waals surface area contributed by atoms with Gasteiger partial charge in [0.15, 0.2) is 11.6 Å². The molecular formula is C16H25FN2O. The largest absolute Gasteiger partial charge is 0.494 e. The molecule has 0 amide bonds. The summed E-state index contributed by atoms with van der Waals surface area (Å²) in [7, 11) is 1.47. The van der Waals surface area contributed by atoms with E-state index in [9.17, 15) is 4.39 Å². The van der Waals surface area contributed by atoms with Gasteiger partial charge in [-0.25, -0.2) is 4.39 Å². The van der Waals surface area contributed by atoms with Gasteiger partial charge in [-0.3, -0.25) is 0 Å². The van der Waals surface area contributed by atoms with Crippen LogP contribution < -0.4 is 10.5 Å². The Morgan fingerprint density at radius 2 is 2.00 bits per heavy atom. The van der Waals surface area contributed by atoms with E-state index in [4.69, 9.17) is 10.5 Å². The molecule has 0 spiro atoms. The van der Waals surface area contributed by atoms with E-state index < -0.39 is 0 Å². The molecule has 1 aromatic rings. The highest BCUT2D eigenvalue weighted by molar-refractivity contribution is 5.31. The van der Waals surface area contributed by atoms with E-state index in [1.807, 2.05) is 6.07 Å². The first-order chi connectivity index (χ1) is 9.41. The molecule has 112 valence electrons. The van der Waals surface area contributed by atoms with Crippen LogP contribution in [0.15, 0.2) is 18.2 Å². The number of nitrogens with two attached hydrogens (primary N) is 1. The SMILES string of the molecule is COc1ccc(C(N)CN2CCC(C)(C)CC2)cc1F.